The summed E-state index contributed by atoms with van der Waals surface area (Å²) in [5, 5.41) is 9.30. The Morgan fingerprint density at radius 2 is 1.68 bits per heavy atom. The standard InChI is InChI=1S/C23H17Cl2N3O3/c1-28-23(30)18-5-3-2-4-17(18)19(27-28)13-22(29)26-20-12-15(25)8-11-21(20)31-16-9-6-14(24)7-10-16/h2-12H,13H2,1H3,(H,26,29). The summed E-state index contributed by atoms with van der Waals surface area (Å²) in [5.74, 6) is 0.672. The van der Waals surface area contributed by atoms with Gasteiger partial charge in [-0.3, -0.25) is 9.59 Å². The van der Waals surface area contributed by atoms with Crippen molar-refractivity contribution in [3.05, 3.63) is 92.8 Å². The Morgan fingerprint density at radius 3 is 2.42 bits per heavy atom. The molecule has 0 aliphatic carbocycles. The number of nitrogens with one attached hydrogen (secondary N) is 1. The van der Waals surface area contributed by atoms with Crippen molar-refractivity contribution in [2.45, 2.75) is 6.42 Å². The van der Waals surface area contributed by atoms with Crippen LogP contribution in [0.15, 0.2) is 71.5 Å². The van der Waals surface area contributed by atoms with Crippen molar-refractivity contribution >= 4 is 45.6 Å². The molecule has 0 aliphatic heterocycles. The van der Waals surface area contributed by atoms with E-state index in [0.29, 0.717) is 43.7 Å². The predicted molar refractivity (Wildman–Crippen MR) is 122 cm³/mol. The third-order valence-corrected chi connectivity index (χ3v) is 5.11. The molecule has 8 heteroatoms. The molecule has 6 nitrogen and oxygen atoms in total. The molecule has 1 amide bonds. The van der Waals surface area contributed by atoms with Crippen molar-refractivity contribution in [1.82, 2.24) is 9.78 Å². The van der Waals surface area contributed by atoms with Crippen molar-refractivity contribution in [2.24, 2.45) is 7.05 Å². The van der Waals surface area contributed by atoms with Gasteiger partial charge in [-0.25, -0.2) is 4.68 Å². The average molecular weight is 454 g/mol. The van der Waals surface area contributed by atoms with Crippen LogP contribution in [0.4, 0.5) is 5.69 Å². The quantitative estimate of drug-likeness (QED) is 0.449. The Bertz CT molecular complexity index is 1330. The number of halogens is 2. The summed E-state index contributed by atoms with van der Waals surface area (Å²) in [6.07, 6.45) is -0.0263. The summed E-state index contributed by atoms with van der Waals surface area (Å²) in [4.78, 5) is 25.1. The zero-order valence-corrected chi connectivity index (χ0v) is 17.9. The number of carbonyl (C=O) groups is 1. The number of anilines is 1. The van der Waals surface area contributed by atoms with Gasteiger partial charge in [-0.05, 0) is 48.5 Å². The lowest BCUT2D eigenvalue weighted by atomic mass is 10.1. The number of rotatable bonds is 5. The maximum absolute atomic E-state index is 12.8. The van der Waals surface area contributed by atoms with Gasteiger partial charge in [-0.1, -0.05) is 41.4 Å². The minimum Gasteiger partial charge on any atom is -0.455 e. The van der Waals surface area contributed by atoms with Crippen molar-refractivity contribution in [3.8, 4) is 11.5 Å². The third-order valence-electron chi connectivity index (χ3n) is 4.62. The summed E-state index contributed by atoms with van der Waals surface area (Å²) in [7, 11) is 1.56. The maximum Gasteiger partial charge on any atom is 0.274 e. The van der Waals surface area contributed by atoms with E-state index in [1.165, 1.54) is 4.68 Å². The van der Waals surface area contributed by atoms with Crippen LogP contribution in [0.3, 0.4) is 0 Å². The van der Waals surface area contributed by atoms with Gasteiger partial charge in [-0.2, -0.15) is 5.10 Å². The molecule has 0 atom stereocenters. The van der Waals surface area contributed by atoms with Crippen LogP contribution in [-0.4, -0.2) is 15.7 Å². The fraction of sp³-hybridized carbons (Fsp3) is 0.0870. The Balaban J connectivity index is 1.60. The molecule has 1 aromatic heterocycles. The normalized spacial score (nSPS) is 10.8. The average Bonchev–Trinajstić information content (AvgIpc) is 2.75. The minimum atomic E-state index is -0.320. The number of fused-ring (bicyclic) bond motifs is 1. The van der Waals surface area contributed by atoms with Gasteiger partial charge in [0.1, 0.15) is 5.75 Å². The molecular formula is C23H17Cl2N3O3. The van der Waals surface area contributed by atoms with Gasteiger partial charge in [0, 0.05) is 22.5 Å². The molecule has 4 rings (SSSR count). The number of carbonyl (C=O) groups excluding carboxylic acids is 1. The van der Waals surface area contributed by atoms with E-state index in [2.05, 4.69) is 10.4 Å². The zero-order valence-electron chi connectivity index (χ0n) is 16.4. The molecule has 3 aromatic carbocycles. The monoisotopic (exact) mass is 453 g/mol. The molecule has 31 heavy (non-hydrogen) atoms. The molecule has 0 saturated carbocycles. The van der Waals surface area contributed by atoms with Crippen LogP contribution in [0.5, 0.6) is 11.5 Å². The number of benzene rings is 3. The molecule has 156 valence electrons. The second-order valence-electron chi connectivity index (χ2n) is 6.84. The third kappa shape index (κ3) is 4.71. The number of aromatic nitrogens is 2. The lowest BCUT2D eigenvalue weighted by Crippen LogP contribution is -2.24. The van der Waals surface area contributed by atoms with Crippen molar-refractivity contribution in [1.29, 1.82) is 0 Å². The Hall–Kier alpha value is -3.35. The molecular weight excluding hydrogens is 437 g/mol. The number of nitrogens with zero attached hydrogens (tertiary/aromatic N) is 2. The van der Waals surface area contributed by atoms with E-state index in [1.54, 1.807) is 73.8 Å². The highest BCUT2D eigenvalue weighted by molar-refractivity contribution is 6.31. The first-order valence-electron chi connectivity index (χ1n) is 9.38. The first kappa shape index (κ1) is 20.9. The number of aryl methyl sites for hydroxylation is 1. The fourth-order valence-corrected chi connectivity index (χ4v) is 3.47. The molecule has 0 fully saturated rings. The molecule has 0 spiro atoms. The van der Waals surface area contributed by atoms with Gasteiger partial charge in [0.2, 0.25) is 5.91 Å². The van der Waals surface area contributed by atoms with Crippen molar-refractivity contribution in [2.75, 3.05) is 5.32 Å². The topological polar surface area (TPSA) is 73.2 Å². The van der Waals surface area contributed by atoms with Crippen LogP contribution in [0.1, 0.15) is 5.69 Å². The van der Waals surface area contributed by atoms with Gasteiger partial charge in [0.05, 0.1) is 23.2 Å². The lowest BCUT2D eigenvalue weighted by molar-refractivity contribution is -0.115. The highest BCUT2D eigenvalue weighted by Crippen LogP contribution is 2.32. The van der Waals surface area contributed by atoms with Gasteiger partial charge >= 0.3 is 0 Å². The molecule has 0 aliphatic rings. The number of ether oxygens (including phenoxy) is 1. The molecule has 0 unspecified atom stereocenters. The van der Waals surface area contributed by atoms with E-state index in [1.807, 2.05) is 0 Å². The Morgan fingerprint density at radius 1 is 1.00 bits per heavy atom. The maximum atomic E-state index is 12.8. The van der Waals surface area contributed by atoms with Gasteiger partial charge in [0.15, 0.2) is 5.75 Å². The van der Waals surface area contributed by atoms with E-state index in [9.17, 15) is 9.59 Å². The molecule has 1 heterocycles. The van der Waals surface area contributed by atoms with Gasteiger partial charge < -0.3 is 10.1 Å². The van der Waals surface area contributed by atoms with Gasteiger partial charge in [-0.15, -0.1) is 0 Å². The summed E-state index contributed by atoms with van der Waals surface area (Å²) >= 11 is 12.0. The second kappa shape index (κ2) is 8.79. The fourth-order valence-electron chi connectivity index (χ4n) is 3.17. The Kier molecular flexibility index (Phi) is 5.93. The molecule has 4 aromatic rings. The van der Waals surface area contributed by atoms with E-state index in [4.69, 9.17) is 27.9 Å². The largest absolute Gasteiger partial charge is 0.455 e. The molecule has 0 bridgehead atoms. The highest BCUT2D eigenvalue weighted by Gasteiger charge is 2.15. The predicted octanol–water partition coefficient (Wildman–Crippen LogP) is 5.21. The Labute approximate surface area is 188 Å². The first-order chi connectivity index (χ1) is 14.9. The smallest absolute Gasteiger partial charge is 0.274 e. The lowest BCUT2D eigenvalue weighted by Gasteiger charge is -2.13. The zero-order chi connectivity index (χ0) is 22.0. The van der Waals surface area contributed by atoms with E-state index in [-0.39, 0.29) is 17.9 Å². The van der Waals surface area contributed by atoms with E-state index < -0.39 is 0 Å². The van der Waals surface area contributed by atoms with E-state index in [0.717, 1.165) is 0 Å². The molecule has 0 radical (unpaired) electrons. The van der Waals surface area contributed by atoms with Crippen LogP contribution in [0.25, 0.3) is 10.8 Å². The summed E-state index contributed by atoms with van der Waals surface area (Å²) in [5.41, 5.74) is 0.701. The minimum absolute atomic E-state index is 0.0263. The summed E-state index contributed by atoms with van der Waals surface area (Å²) < 4.78 is 7.12. The number of hydrogen-bond donors (Lipinski definition) is 1. The van der Waals surface area contributed by atoms with Crippen LogP contribution in [0.2, 0.25) is 10.0 Å². The van der Waals surface area contributed by atoms with Crippen LogP contribution < -0.4 is 15.6 Å². The summed E-state index contributed by atoms with van der Waals surface area (Å²) in [6, 6.07) is 18.9. The second-order valence-corrected chi connectivity index (χ2v) is 7.72. The SMILES string of the molecule is Cn1nc(CC(=O)Nc2cc(Cl)ccc2Oc2ccc(Cl)cc2)c2ccccc2c1=O. The number of hydrogen-bond acceptors (Lipinski definition) is 4. The van der Waals surface area contributed by atoms with Gasteiger partial charge in [0.25, 0.3) is 5.56 Å². The first-order valence-corrected chi connectivity index (χ1v) is 10.1. The highest BCUT2D eigenvalue weighted by atomic mass is 35.5. The molecule has 1 N–H and O–H groups in total. The summed E-state index contributed by atoms with van der Waals surface area (Å²) in [6.45, 7) is 0. The number of amides is 1. The molecule has 0 saturated heterocycles. The van der Waals surface area contributed by atoms with Crippen LogP contribution in [0, 0.1) is 0 Å². The van der Waals surface area contributed by atoms with Crippen molar-refractivity contribution < 1.29 is 9.53 Å². The van der Waals surface area contributed by atoms with Crippen molar-refractivity contribution in [3.63, 3.8) is 0 Å². The van der Waals surface area contributed by atoms with E-state index >= 15 is 0 Å². The van der Waals surface area contributed by atoms with Crippen LogP contribution in [-0.2, 0) is 18.3 Å². The van der Waals surface area contributed by atoms with Crippen LogP contribution >= 0.6 is 23.2 Å².